The Morgan fingerprint density at radius 3 is 2.33 bits per heavy atom. The number of halogens is 3. The molecule has 3 aromatic rings. The van der Waals surface area contributed by atoms with Crippen molar-refractivity contribution in [1.29, 1.82) is 0 Å². The van der Waals surface area contributed by atoms with Gasteiger partial charge in [0.1, 0.15) is 0 Å². The van der Waals surface area contributed by atoms with Crippen molar-refractivity contribution in [3.63, 3.8) is 0 Å². The summed E-state index contributed by atoms with van der Waals surface area (Å²) in [4.78, 5) is 11.4. The number of aromatic nitrogens is 2. The normalized spacial score (nSPS) is 11.1. The second-order valence-corrected chi connectivity index (χ2v) is 5.58. The van der Waals surface area contributed by atoms with Crippen molar-refractivity contribution in [2.45, 2.75) is 6.18 Å². The monoisotopic (exact) mass is 360 g/mol. The molecule has 0 aliphatic heterocycles. The van der Waals surface area contributed by atoms with Crippen LogP contribution in [0.2, 0.25) is 0 Å². The standard InChI is InChI=1S/C15H9F3N2O2S.Na/c16-15(17,18)13-8-11(12-2-1-7-23-12)20(19-13)10-5-3-9(4-6-10)14(21)22;/h1-8H,(H,21,22);/q;+1/p-1. The van der Waals surface area contributed by atoms with E-state index < -0.39 is 17.8 Å². The minimum atomic E-state index is -4.57. The summed E-state index contributed by atoms with van der Waals surface area (Å²) in [5, 5.41) is 16.1. The van der Waals surface area contributed by atoms with Crippen LogP contribution in [0.5, 0.6) is 0 Å². The topological polar surface area (TPSA) is 57.9 Å². The van der Waals surface area contributed by atoms with Crippen LogP contribution in [-0.4, -0.2) is 15.7 Å². The van der Waals surface area contributed by atoms with Crippen molar-refractivity contribution in [2.75, 3.05) is 0 Å². The molecule has 0 saturated heterocycles. The van der Waals surface area contributed by atoms with Gasteiger partial charge in [0, 0.05) is 0 Å². The average Bonchev–Trinajstić information content (AvgIpc) is 3.15. The van der Waals surface area contributed by atoms with Gasteiger partial charge in [0.05, 0.1) is 22.2 Å². The van der Waals surface area contributed by atoms with E-state index in [9.17, 15) is 23.1 Å². The van der Waals surface area contributed by atoms with Gasteiger partial charge in [-0.3, -0.25) is 0 Å². The van der Waals surface area contributed by atoms with E-state index in [1.807, 2.05) is 0 Å². The molecule has 0 aliphatic rings. The second-order valence-electron chi connectivity index (χ2n) is 4.64. The van der Waals surface area contributed by atoms with Gasteiger partial charge in [-0.25, -0.2) is 4.68 Å². The molecular formula is C15H8F3N2NaO2S. The van der Waals surface area contributed by atoms with Gasteiger partial charge in [-0.05, 0) is 35.2 Å². The number of carboxylic acid groups (broad SMARTS) is 1. The van der Waals surface area contributed by atoms with Crippen molar-refractivity contribution < 1.29 is 52.6 Å². The number of hydrogen-bond acceptors (Lipinski definition) is 4. The zero-order valence-electron chi connectivity index (χ0n) is 12.4. The molecule has 2 heterocycles. The maximum Gasteiger partial charge on any atom is 1.00 e. The Hall–Kier alpha value is -1.61. The van der Waals surface area contributed by atoms with Gasteiger partial charge < -0.3 is 9.90 Å². The van der Waals surface area contributed by atoms with E-state index in [0.717, 1.165) is 10.7 Å². The molecule has 0 spiro atoms. The summed E-state index contributed by atoms with van der Waals surface area (Å²) in [5.41, 5.74) is -0.457. The van der Waals surface area contributed by atoms with Crippen LogP contribution >= 0.6 is 11.3 Å². The van der Waals surface area contributed by atoms with E-state index in [4.69, 9.17) is 0 Å². The summed E-state index contributed by atoms with van der Waals surface area (Å²) >= 11 is 1.28. The Balaban J connectivity index is 0.00000208. The van der Waals surface area contributed by atoms with Gasteiger partial charge in [0.15, 0.2) is 5.69 Å². The third-order valence-corrected chi connectivity index (χ3v) is 4.01. The van der Waals surface area contributed by atoms with Crippen molar-refractivity contribution >= 4 is 17.3 Å². The van der Waals surface area contributed by atoms with Crippen molar-refractivity contribution in [2.24, 2.45) is 0 Å². The molecule has 1 aromatic carbocycles. The fourth-order valence-corrected chi connectivity index (χ4v) is 2.78. The molecule has 24 heavy (non-hydrogen) atoms. The molecule has 0 unspecified atom stereocenters. The van der Waals surface area contributed by atoms with Crippen LogP contribution in [0.4, 0.5) is 13.2 Å². The first-order valence-electron chi connectivity index (χ1n) is 6.39. The predicted molar refractivity (Wildman–Crippen MR) is 76.2 cm³/mol. The van der Waals surface area contributed by atoms with Crippen molar-refractivity contribution in [3.8, 4) is 16.3 Å². The van der Waals surface area contributed by atoms with Gasteiger partial charge in [0.2, 0.25) is 0 Å². The zero-order valence-corrected chi connectivity index (χ0v) is 15.2. The quantitative estimate of drug-likeness (QED) is 0.618. The molecule has 0 radical (unpaired) electrons. The Kier molecular flexibility index (Phi) is 5.54. The third-order valence-electron chi connectivity index (χ3n) is 3.12. The summed E-state index contributed by atoms with van der Waals surface area (Å²) in [6.45, 7) is 0. The molecule has 0 atom stereocenters. The molecule has 0 saturated carbocycles. The molecule has 118 valence electrons. The average molecular weight is 360 g/mol. The van der Waals surface area contributed by atoms with Crippen LogP contribution < -0.4 is 34.7 Å². The molecule has 0 bridgehead atoms. The number of alkyl halides is 3. The molecule has 4 nitrogen and oxygen atoms in total. The Bertz CT molecular complexity index is 843. The summed E-state index contributed by atoms with van der Waals surface area (Å²) in [6.07, 6.45) is -4.57. The Labute approximate surface area is 160 Å². The molecule has 0 N–H and O–H groups in total. The van der Waals surface area contributed by atoms with Gasteiger partial charge in [0.25, 0.3) is 0 Å². The van der Waals surface area contributed by atoms with Gasteiger partial charge in [-0.2, -0.15) is 18.3 Å². The fraction of sp³-hybridized carbons (Fsp3) is 0.0667. The first-order valence-corrected chi connectivity index (χ1v) is 7.27. The Morgan fingerprint density at radius 1 is 1.17 bits per heavy atom. The van der Waals surface area contributed by atoms with Crippen molar-refractivity contribution in [1.82, 2.24) is 9.78 Å². The largest absolute Gasteiger partial charge is 1.00 e. The SMILES string of the molecule is O=C([O-])c1ccc(-n2nc(C(F)(F)F)cc2-c2cccs2)cc1.[Na+]. The van der Waals surface area contributed by atoms with E-state index in [1.165, 1.54) is 35.6 Å². The van der Waals surface area contributed by atoms with Gasteiger partial charge >= 0.3 is 35.7 Å². The first kappa shape index (κ1) is 18.7. The van der Waals surface area contributed by atoms with Crippen LogP contribution in [-0.2, 0) is 6.18 Å². The maximum absolute atomic E-state index is 13.0. The van der Waals surface area contributed by atoms with E-state index >= 15 is 0 Å². The van der Waals surface area contributed by atoms with Crippen LogP contribution in [0.15, 0.2) is 47.8 Å². The number of aromatic carboxylic acids is 1. The van der Waals surface area contributed by atoms with Crippen LogP contribution in [0, 0.1) is 0 Å². The predicted octanol–water partition coefficient (Wildman–Crippen LogP) is -0.0129. The maximum atomic E-state index is 13.0. The van der Waals surface area contributed by atoms with E-state index in [0.29, 0.717) is 10.6 Å². The molecule has 9 heteroatoms. The van der Waals surface area contributed by atoms with Gasteiger partial charge in [-0.1, -0.05) is 18.2 Å². The number of hydrogen-bond donors (Lipinski definition) is 0. The van der Waals surface area contributed by atoms with E-state index in [2.05, 4.69) is 5.10 Å². The van der Waals surface area contributed by atoms with E-state index in [1.54, 1.807) is 17.5 Å². The summed E-state index contributed by atoms with van der Waals surface area (Å²) in [7, 11) is 0. The molecule has 2 aromatic heterocycles. The summed E-state index contributed by atoms with van der Waals surface area (Å²) in [6, 6.07) is 9.68. The second kappa shape index (κ2) is 7.10. The smallest absolute Gasteiger partial charge is 0.545 e. The molecule has 0 aliphatic carbocycles. The Morgan fingerprint density at radius 2 is 1.83 bits per heavy atom. The van der Waals surface area contributed by atoms with Crippen LogP contribution in [0.3, 0.4) is 0 Å². The minimum absolute atomic E-state index is 0. The molecule has 3 rings (SSSR count). The number of nitrogens with zero attached hydrogens (tertiary/aromatic N) is 2. The molecular weight excluding hydrogens is 352 g/mol. The van der Waals surface area contributed by atoms with Crippen LogP contribution in [0.1, 0.15) is 16.1 Å². The third kappa shape index (κ3) is 3.72. The zero-order chi connectivity index (χ0) is 16.6. The van der Waals surface area contributed by atoms with Crippen LogP contribution in [0.25, 0.3) is 16.3 Å². The minimum Gasteiger partial charge on any atom is -0.545 e. The number of carbonyl (C=O) groups is 1. The molecule has 0 amide bonds. The number of carboxylic acids is 1. The van der Waals surface area contributed by atoms with Gasteiger partial charge in [-0.15, -0.1) is 11.3 Å². The molecule has 0 fully saturated rings. The summed E-state index contributed by atoms with van der Waals surface area (Å²) < 4.78 is 40.0. The number of thiophene rings is 1. The summed E-state index contributed by atoms with van der Waals surface area (Å²) in [5.74, 6) is -1.36. The number of rotatable bonds is 3. The first-order chi connectivity index (χ1) is 10.9. The number of carbonyl (C=O) groups excluding carboxylic acids is 1. The number of benzene rings is 1. The fourth-order valence-electron chi connectivity index (χ4n) is 2.05. The van der Waals surface area contributed by atoms with E-state index in [-0.39, 0.29) is 40.8 Å². The van der Waals surface area contributed by atoms with Crippen molar-refractivity contribution in [3.05, 3.63) is 59.1 Å².